The first-order valence-corrected chi connectivity index (χ1v) is 19.5. The zero-order chi connectivity index (χ0) is 38.7. The minimum absolute atomic E-state index is 0.0690. The summed E-state index contributed by atoms with van der Waals surface area (Å²) in [5.41, 5.74) is 6.88. The number of ether oxygens (including phenoxy) is 2. The van der Waals surface area contributed by atoms with Crippen molar-refractivity contribution in [1.82, 2.24) is 35.1 Å². The molecule has 2 saturated heterocycles. The Hall–Kier alpha value is -5.39. The van der Waals surface area contributed by atoms with E-state index in [-0.39, 0.29) is 41.7 Å². The Morgan fingerprint density at radius 3 is 2.40 bits per heavy atom. The molecule has 3 aliphatic heterocycles. The molecule has 12 nitrogen and oxygen atoms in total. The fourth-order valence-corrected chi connectivity index (χ4v) is 8.65. The second kappa shape index (κ2) is 14.4. The van der Waals surface area contributed by atoms with Crippen LogP contribution in [0, 0.1) is 30.1 Å². The number of hydrogen-bond donors (Lipinski definition) is 3. The van der Waals surface area contributed by atoms with Gasteiger partial charge in [0.1, 0.15) is 30.0 Å². The second-order valence-corrected chi connectivity index (χ2v) is 16.5. The lowest BCUT2D eigenvalue weighted by Crippen LogP contribution is -2.51. The summed E-state index contributed by atoms with van der Waals surface area (Å²) in [6.45, 7) is 13.9. The Labute approximate surface area is 321 Å². The predicted octanol–water partition coefficient (Wildman–Crippen LogP) is 7.73. The molecule has 3 unspecified atom stereocenters. The quantitative estimate of drug-likeness (QED) is 0.148. The smallest absolute Gasteiger partial charge is 0.407 e. The summed E-state index contributed by atoms with van der Waals surface area (Å²) < 4.78 is 11.2. The Morgan fingerprint density at radius 1 is 0.927 bits per heavy atom. The molecule has 1 radical (unpaired) electrons. The van der Waals surface area contributed by atoms with Gasteiger partial charge in [-0.3, -0.25) is 9.59 Å². The van der Waals surface area contributed by atoms with E-state index in [0.717, 1.165) is 86.5 Å². The SMILES string of the molecule is COC(=O)NC(C(=O)N1CC(C)CC1c1nc2ccc3cc4c(cc3c2[nH]1)OCc1cc(-c2cnc([C@@H]3C[C@H](C)CN3C(=O)[CH]C(C)C)[nH]2)ccc1-4)C(C)C. The van der Waals surface area contributed by atoms with Gasteiger partial charge in [-0.05, 0) is 82.9 Å². The van der Waals surface area contributed by atoms with Crippen molar-refractivity contribution in [2.24, 2.45) is 23.7 Å². The number of methoxy groups -OCH3 is 1. The predicted molar refractivity (Wildman–Crippen MR) is 211 cm³/mol. The molecule has 0 aliphatic carbocycles. The molecule has 3 N–H and O–H groups in total. The van der Waals surface area contributed by atoms with E-state index >= 15 is 0 Å². The Bertz CT molecular complexity index is 2290. The molecular formula is C43H50N7O5. The number of rotatable bonds is 8. The van der Waals surface area contributed by atoms with Gasteiger partial charge in [-0.2, -0.15) is 0 Å². The van der Waals surface area contributed by atoms with E-state index in [0.29, 0.717) is 19.1 Å². The number of aromatic amines is 2. The van der Waals surface area contributed by atoms with Crippen molar-refractivity contribution in [1.29, 1.82) is 0 Å². The van der Waals surface area contributed by atoms with Gasteiger partial charge in [0, 0.05) is 24.0 Å². The van der Waals surface area contributed by atoms with E-state index in [1.165, 1.54) is 7.11 Å². The Kier molecular flexibility index (Phi) is 9.55. The van der Waals surface area contributed by atoms with Gasteiger partial charge in [0.2, 0.25) is 11.8 Å². The standard InChI is InChI=1S/C43H50N7O5/c1-22(2)12-37(51)49-19-24(5)13-34(49)40-44-18-33(46-40)27-8-10-29-28(15-27)21-55-36-17-30-26(16-31(29)36)9-11-32-39(30)47-41(45-32)35-14-25(6)20-50(35)42(52)38(23(3)4)48-43(53)54-7/h8-12,15-18,22-25,34-35,38H,13-14,19-21H2,1-7H3,(H,44,46)(H,45,47)(H,48,53)/t24-,25?,34-,35?,38?/m0/s1. The Balaban J connectivity index is 1.06. The lowest BCUT2D eigenvalue weighted by Gasteiger charge is -2.30. The summed E-state index contributed by atoms with van der Waals surface area (Å²) in [4.78, 5) is 59.7. The molecular weight excluding hydrogens is 695 g/mol. The molecule has 3 aliphatic rings. The highest BCUT2D eigenvalue weighted by Gasteiger charge is 2.40. The molecule has 3 aromatic carbocycles. The summed E-state index contributed by atoms with van der Waals surface area (Å²) in [6.07, 6.45) is 4.68. The maximum absolute atomic E-state index is 13.9. The summed E-state index contributed by atoms with van der Waals surface area (Å²) >= 11 is 0. The van der Waals surface area contributed by atoms with Gasteiger partial charge in [-0.1, -0.05) is 59.7 Å². The molecule has 0 saturated carbocycles. The van der Waals surface area contributed by atoms with Crippen LogP contribution in [0.25, 0.3) is 44.2 Å². The maximum Gasteiger partial charge on any atom is 0.407 e. The van der Waals surface area contributed by atoms with Crippen molar-refractivity contribution < 1.29 is 23.9 Å². The highest BCUT2D eigenvalue weighted by atomic mass is 16.5. The fourth-order valence-electron chi connectivity index (χ4n) is 8.65. The highest BCUT2D eigenvalue weighted by Crippen LogP contribution is 2.44. The molecule has 55 heavy (non-hydrogen) atoms. The van der Waals surface area contributed by atoms with Crippen LogP contribution in [0.15, 0.2) is 48.7 Å². The number of carbonyl (C=O) groups is 3. The van der Waals surface area contributed by atoms with Crippen molar-refractivity contribution in [3.05, 3.63) is 72.3 Å². The lowest BCUT2D eigenvalue weighted by atomic mass is 9.92. The number of amides is 3. The van der Waals surface area contributed by atoms with Crippen LogP contribution in [0.1, 0.15) is 83.7 Å². The Morgan fingerprint density at radius 2 is 1.67 bits per heavy atom. The van der Waals surface area contributed by atoms with Crippen LogP contribution < -0.4 is 10.1 Å². The first kappa shape index (κ1) is 36.6. The van der Waals surface area contributed by atoms with Gasteiger partial charge in [0.25, 0.3) is 0 Å². The first-order chi connectivity index (χ1) is 26.4. The van der Waals surface area contributed by atoms with Crippen molar-refractivity contribution in [3.63, 3.8) is 0 Å². The van der Waals surface area contributed by atoms with Crippen LogP contribution in [-0.2, 0) is 20.9 Å². The molecule has 0 spiro atoms. The second-order valence-electron chi connectivity index (χ2n) is 16.5. The van der Waals surface area contributed by atoms with Crippen LogP contribution in [0.2, 0.25) is 0 Å². The maximum atomic E-state index is 13.9. The van der Waals surface area contributed by atoms with Crippen LogP contribution in [0.3, 0.4) is 0 Å². The molecule has 5 heterocycles. The molecule has 5 atom stereocenters. The number of fused-ring (bicyclic) bond motifs is 6. The average molecular weight is 745 g/mol. The van der Waals surface area contributed by atoms with E-state index < -0.39 is 12.1 Å². The van der Waals surface area contributed by atoms with Crippen LogP contribution >= 0.6 is 0 Å². The van der Waals surface area contributed by atoms with Crippen molar-refractivity contribution >= 4 is 39.7 Å². The molecule has 12 heteroatoms. The number of carbonyl (C=O) groups excluding carboxylic acids is 3. The highest BCUT2D eigenvalue weighted by molar-refractivity contribution is 6.07. The zero-order valence-corrected chi connectivity index (χ0v) is 32.6. The van der Waals surface area contributed by atoms with Gasteiger partial charge in [-0.15, -0.1) is 0 Å². The average Bonchev–Trinajstić information content (AvgIpc) is 3.97. The molecule has 8 rings (SSSR count). The minimum Gasteiger partial charge on any atom is -0.488 e. The number of nitrogens with zero attached hydrogens (tertiary/aromatic N) is 4. The number of H-pyrrole nitrogens is 2. The van der Waals surface area contributed by atoms with Gasteiger partial charge in [0.05, 0.1) is 48.5 Å². The number of benzene rings is 3. The van der Waals surface area contributed by atoms with Gasteiger partial charge < -0.3 is 34.6 Å². The largest absolute Gasteiger partial charge is 0.488 e. The van der Waals surface area contributed by atoms with E-state index in [2.05, 4.69) is 65.5 Å². The van der Waals surface area contributed by atoms with Crippen LogP contribution in [0.4, 0.5) is 4.79 Å². The zero-order valence-electron chi connectivity index (χ0n) is 32.6. The lowest BCUT2D eigenvalue weighted by molar-refractivity contribution is -0.135. The third-order valence-corrected chi connectivity index (χ3v) is 11.4. The summed E-state index contributed by atoms with van der Waals surface area (Å²) in [7, 11) is 1.30. The fraction of sp³-hybridized carbons (Fsp3) is 0.442. The third-order valence-electron chi connectivity index (χ3n) is 11.4. The van der Waals surface area contributed by atoms with E-state index in [1.54, 1.807) is 6.42 Å². The molecule has 287 valence electrons. The van der Waals surface area contributed by atoms with E-state index in [1.807, 2.05) is 49.8 Å². The third kappa shape index (κ3) is 6.80. The molecule has 5 aromatic rings. The summed E-state index contributed by atoms with van der Waals surface area (Å²) in [6, 6.07) is 13.8. The molecule has 2 fully saturated rings. The van der Waals surface area contributed by atoms with E-state index in [9.17, 15) is 14.4 Å². The van der Waals surface area contributed by atoms with Crippen molar-refractivity contribution in [2.45, 2.75) is 79.1 Å². The topological polar surface area (TPSA) is 146 Å². The van der Waals surface area contributed by atoms with Crippen molar-refractivity contribution in [3.8, 4) is 28.1 Å². The molecule has 0 bridgehead atoms. The monoisotopic (exact) mass is 744 g/mol. The van der Waals surface area contributed by atoms with Crippen LogP contribution in [0.5, 0.6) is 5.75 Å². The number of hydrogen-bond acceptors (Lipinski definition) is 7. The number of nitrogens with one attached hydrogen (secondary N) is 3. The normalized spacial score (nSPS) is 21.3. The number of aromatic nitrogens is 4. The van der Waals surface area contributed by atoms with Gasteiger partial charge >= 0.3 is 6.09 Å². The number of likely N-dealkylation sites (tertiary alicyclic amines) is 2. The first-order valence-electron chi connectivity index (χ1n) is 19.5. The number of imidazole rings is 2. The minimum atomic E-state index is -0.706. The summed E-state index contributed by atoms with van der Waals surface area (Å²) in [5, 5.41) is 4.78. The number of alkyl carbamates (subject to hydrolysis) is 1. The summed E-state index contributed by atoms with van der Waals surface area (Å²) in [5.74, 6) is 3.04. The van der Waals surface area contributed by atoms with Gasteiger partial charge in [0.15, 0.2) is 0 Å². The van der Waals surface area contributed by atoms with Crippen LogP contribution in [-0.4, -0.2) is 73.9 Å². The van der Waals surface area contributed by atoms with Gasteiger partial charge in [-0.25, -0.2) is 14.8 Å². The van der Waals surface area contributed by atoms with E-state index in [4.69, 9.17) is 19.4 Å². The van der Waals surface area contributed by atoms with Crippen molar-refractivity contribution in [2.75, 3.05) is 20.2 Å². The molecule has 2 aromatic heterocycles. The molecule has 3 amide bonds.